The second kappa shape index (κ2) is 7.23. The van der Waals surface area contributed by atoms with Gasteiger partial charge in [-0.2, -0.15) is 0 Å². The Bertz CT molecular complexity index is 841. The normalized spacial score (nSPS) is 17.8. The minimum atomic E-state index is -0.881. The highest BCUT2D eigenvalue weighted by Crippen LogP contribution is 2.23. The summed E-state index contributed by atoms with van der Waals surface area (Å²) in [5.41, 5.74) is 4.09. The van der Waals surface area contributed by atoms with Gasteiger partial charge in [-0.05, 0) is 56.8 Å². The number of aryl methyl sites for hydroxylation is 1. The highest BCUT2D eigenvalue weighted by molar-refractivity contribution is 5.87. The molecule has 1 aromatic carbocycles. The molecule has 1 saturated heterocycles. The van der Waals surface area contributed by atoms with Crippen molar-refractivity contribution in [2.75, 3.05) is 13.1 Å². The molecule has 5 heteroatoms. The van der Waals surface area contributed by atoms with Crippen LogP contribution in [-0.4, -0.2) is 34.0 Å². The van der Waals surface area contributed by atoms with Gasteiger partial charge in [-0.1, -0.05) is 12.1 Å². The summed E-state index contributed by atoms with van der Waals surface area (Å²) in [7, 11) is 0. The largest absolute Gasteiger partial charge is 0.478 e. The number of H-pyrrole nitrogens is 1. The molecule has 0 aliphatic carbocycles. The van der Waals surface area contributed by atoms with E-state index < -0.39 is 5.97 Å². The van der Waals surface area contributed by atoms with E-state index in [2.05, 4.69) is 9.88 Å². The maximum atomic E-state index is 12.1. The van der Waals surface area contributed by atoms with Gasteiger partial charge in [-0.25, -0.2) is 4.79 Å². The van der Waals surface area contributed by atoms with Gasteiger partial charge in [-0.3, -0.25) is 9.69 Å². The standard InChI is InChI=1S/C20H24N2O3/c1-13-10-21-18(14(2)19(13)23)12-22-7-6-16(11-22)8-15-4-3-5-17(9-15)20(24)25/h3-5,9-10,16H,6-8,11-12H2,1-2H3,(H,21,23)(H,24,25). The van der Waals surface area contributed by atoms with Crippen molar-refractivity contribution in [3.8, 4) is 0 Å². The third-order valence-electron chi connectivity index (χ3n) is 5.06. The Balaban J connectivity index is 1.63. The molecular weight excluding hydrogens is 316 g/mol. The minimum absolute atomic E-state index is 0.120. The maximum absolute atomic E-state index is 12.1. The first-order chi connectivity index (χ1) is 11.9. The first kappa shape index (κ1) is 17.4. The van der Waals surface area contributed by atoms with Crippen LogP contribution in [0.15, 0.2) is 35.3 Å². The third kappa shape index (κ3) is 3.99. The lowest BCUT2D eigenvalue weighted by molar-refractivity contribution is 0.0696. The molecule has 0 saturated carbocycles. The molecule has 0 spiro atoms. The summed E-state index contributed by atoms with van der Waals surface area (Å²) in [6.45, 7) is 6.43. The molecule has 0 bridgehead atoms. The fraction of sp³-hybridized carbons (Fsp3) is 0.400. The fourth-order valence-corrected chi connectivity index (χ4v) is 3.58. The van der Waals surface area contributed by atoms with Crippen LogP contribution in [0.3, 0.4) is 0 Å². The molecule has 3 rings (SSSR count). The molecular formula is C20H24N2O3. The molecule has 132 valence electrons. The number of carboxylic acid groups (broad SMARTS) is 1. The van der Waals surface area contributed by atoms with Crippen molar-refractivity contribution in [3.05, 3.63) is 68.6 Å². The Hall–Kier alpha value is -2.40. The Morgan fingerprint density at radius 3 is 2.92 bits per heavy atom. The Labute approximate surface area is 147 Å². The smallest absolute Gasteiger partial charge is 0.335 e. The number of nitrogens with zero attached hydrogens (tertiary/aromatic N) is 1. The van der Waals surface area contributed by atoms with Crippen LogP contribution in [0.4, 0.5) is 0 Å². The van der Waals surface area contributed by atoms with Gasteiger partial charge < -0.3 is 10.1 Å². The van der Waals surface area contributed by atoms with E-state index in [0.717, 1.165) is 54.9 Å². The number of aromatic nitrogens is 1. The number of carboxylic acids is 1. The zero-order valence-corrected chi connectivity index (χ0v) is 14.7. The van der Waals surface area contributed by atoms with Crippen molar-refractivity contribution in [3.63, 3.8) is 0 Å². The van der Waals surface area contributed by atoms with Gasteiger partial charge in [0.25, 0.3) is 0 Å². The Morgan fingerprint density at radius 2 is 2.16 bits per heavy atom. The number of carbonyl (C=O) groups is 1. The summed E-state index contributed by atoms with van der Waals surface area (Å²) in [6, 6.07) is 7.21. The molecule has 1 unspecified atom stereocenters. The quantitative estimate of drug-likeness (QED) is 0.878. The van der Waals surface area contributed by atoms with Crippen molar-refractivity contribution in [2.24, 2.45) is 5.92 Å². The molecule has 2 N–H and O–H groups in total. The molecule has 5 nitrogen and oxygen atoms in total. The molecule has 0 radical (unpaired) electrons. The van der Waals surface area contributed by atoms with E-state index >= 15 is 0 Å². The molecule has 1 fully saturated rings. The second-order valence-electron chi connectivity index (χ2n) is 7.00. The van der Waals surface area contributed by atoms with Crippen LogP contribution in [0, 0.1) is 19.8 Å². The van der Waals surface area contributed by atoms with E-state index in [-0.39, 0.29) is 5.43 Å². The average molecular weight is 340 g/mol. The summed E-state index contributed by atoms with van der Waals surface area (Å²) in [6.07, 6.45) is 3.77. The fourth-order valence-electron chi connectivity index (χ4n) is 3.58. The van der Waals surface area contributed by atoms with Crippen molar-refractivity contribution in [1.82, 2.24) is 9.88 Å². The van der Waals surface area contributed by atoms with Gasteiger partial charge >= 0.3 is 5.97 Å². The maximum Gasteiger partial charge on any atom is 0.335 e. The molecule has 1 aliphatic rings. The van der Waals surface area contributed by atoms with Crippen LogP contribution >= 0.6 is 0 Å². The molecule has 1 aliphatic heterocycles. The molecule has 0 amide bonds. The number of rotatable bonds is 5. The summed E-state index contributed by atoms with van der Waals surface area (Å²) >= 11 is 0. The number of pyridine rings is 1. The number of likely N-dealkylation sites (tertiary alicyclic amines) is 1. The molecule has 1 atom stereocenters. The van der Waals surface area contributed by atoms with Crippen LogP contribution in [0.5, 0.6) is 0 Å². The Kier molecular flexibility index (Phi) is 5.04. The summed E-state index contributed by atoms with van der Waals surface area (Å²) in [4.78, 5) is 28.8. The minimum Gasteiger partial charge on any atom is -0.478 e. The van der Waals surface area contributed by atoms with E-state index in [1.54, 1.807) is 18.3 Å². The molecule has 1 aromatic heterocycles. The van der Waals surface area contributed by atoms with Gasteiger partial charge in [-0.15, -0.1) is 0 Å². The van der Waals surface area contributed by atoms with Crippen LogP contribution in [-0.2, 0) is 13.0 Å². The van der Waals surface area contributed by atoms with E-state index in [0.29, 0.717) is 11.5 Å². The summed E-state index contributed by atoms with van der Waals surface area (Å²) in [5.74, 6) is -0.366. The average Bonchev–Trinajstić information content (AvgIpc) is 3.02. The van der Waals surface area contributed by atoms with Crippen LogP contribution in [0.25, 0.3) is 0 Å². The number of hydrogen-bond acceptors (Lipinski definition) is 3. The second-order valence-corrected chi connectivity index (χ2v) is 7.00. The van der Waals surface area contributed by atoms with Gasteiger partial charge in [0, 0.05) is 36.1 Å². The lowest BCUT2D eigenvalue weighted by atomic mass is 9.97. The van der Waals surface area contributed by atoms with E-state index in [9.17, 15) is 9.59 Å². The van der Waals surface area contributed by atoms with Crippen LogP contribution in [0.2, 0.25) is 0 Å². The first-order valence-corrected chi connectivity index (χ1v) is 8.66. The van der Waals surface area contributed by atoms with Crippen molar-refractivity contribution >= 4 is 5.97 Å². The first-order valence-electron chi connectivity index (χ1n) is 8.66. The topological polar surface area (TPSA) is 73.4 Å². The van der Waals surface area contributed by atoms with Crippen molar-refractivity contribution in [1.29, 1.82) is 0 Å². The number of benzene rings is 1. The molecule has 2 aromatic rings. The van der Waals surface area contributed by atoms with Gasteiger partial charge in [0.05, 0.1) is 5.56 Å². The lowest BCUT2D eigenvalue weighted by Crippen LogP contribution is -2.24. The van der Waals surface area contributed by atoms with Gasteiger partial charge in [0.1, 0.15) is 0 Å². The van der Waals surface area contributed by atoms with E-state index in [1.807, 2.05) is 26.0 Å². The number of hydrogen-bond donors (Lipinski definition) is 2. The SMILES string of the molecule is Cc1c[nH]c(CN2CCC(Cc3cccc(C(=O)O)c3)C2)c(C)c1=O. The van der Waals surface area contributed by atoms with Gasteiger partial charge in [0.15, 0.2) is 5.43 Å². The van der Waals surface area contributed by atoms with E-state index in [1.165, 1.54) is 0 Å². The zero-order chi connectivity index (χ0) is 18.0. The predicted molar refractivity (Wildman–Crippen MR) is 97.0 cm³/mol. The van der Waals surface area contributed by atoms with Crippen LogP contribution < -0.4 is 5.43 Å². The third-order valence-corrected chi connectivity index (χ3v) is 5.06. The summed E-state index contributed by atoms with van der Waals surface area (Å²) in [5, 5.41) is 9.11. The van der Waals surface area contributed by atoms with E-state index in [4.69, 9.17) is 5.11 Å². The summed E-state index contributed by atoms with van der Waals surface area (Å²) < 4.78 is 0. The molecule has 25 heavy (non-hydrogen) atoms. The van der Waals surface area contributed by atoms with Gasteiger partial charge in [0.2, 0.25) is 0 Å². The molecule has 2 heterocycles. The number of nitrogens with one attached hydrogen (secondary N) is 1. The number of aromatic carboxylic acids is 1. The number of aromatic amines is 1. The highest BCUT2D eigenvalue weighted by Gasteiger charge is 2.23. The van der Waals surface area contributed by atoms with Crippen LogP contribution in [0.1, 0.15) is 39.2 Å². The Morgan fingerprint density at radius 1 is 1.36 bits per heavy atom. The lowest BCUT2D eigenvalue weighted by Gasteiger charge is -2.17. The zero-order valence-electron chi connectivity index (χ0n) is 14.7. The monoisotopic (exact) mass is 340 g/mol. The van der Waals surface area contributed by atoms with Crippen molar-refractivity contribution < 1.29 is 9.90 Å². The predicted octanol–water partition coefficient (Wildman–Crippen LogP) is 2.75. The highest BCUT2D eigenvalue weighted by atomic mass is 16.4. The van der Waals surface area contributed by atoms with Crippen molar-refractivity contribution in [2.45, 2.75) is 33.2 Å².